The maximum atomic E-state index is 14.0. The van der Waals surface area contributed by atoms with Gasteiger partial charge in [0.1, 0.15) is 11.4 Å². The van der Waals surface area contributed by atoms with Gasteiger partial charge in [0.2, 0.25) is 0 Å². The molecule has 0 spiro atoms. The molecule has 1 aliphatic rings. The van der Waals surface area contributed by atoms with Gasteiger partial charge in [-0.3, -0.25) is 9.36 Å². The number of ether oxygens (including phenoxy) is 2. The number of nitrogens with zero attached hydrogens (tertiary/aromatic N) is 4. The number of methoxy groups -OCH3 is 2. The highest BCUT2D eigenvalue weighted by atomic mass is 32.1. The summed E-state index contributed by atoms with van der Waals surface area (Å²) in [6.45, 7) is 1.76. The number of carbonyl (C=O) groups excluding carboxylic acids is 1. The fourth-order valence-corrected chi connectivity index (χ4v) is 6.51. The third-order valence-electron chi connectivity index (χ3n) is 6.66. The van der Waals surface area contributed by atoms with Gasteiger partial charge < -0.3 is 9.47 Å². The van der Waals surface area contributed by atoms with Crippen molar-refractivity contribution in [3.63, 3.8) is 0 Å². The lowest BCUT2D eigenvalue weighted by molar-refractivity contribution is -0.136. The van der Waals surface area contributed by atoms with Crippen LogP contribution in [0.15, 0.2) is 99.4 Å². The standard InChI is InChI=1S/C30H24N4O4S2/c1-18-25(29(36)38-3)27(19-11-13-22(37-2)14-12-19)34-28(35)24(40-30(34)31-18)16-20-17-33(21-8-5-4-6-9-21)32-26(20)23-10-7-15-39-23/h4-17,27H,1-3H3/b24-16+. The smallest absolute Gasteiger partial charge is 0.338 e. The molecule has 0 N–H and O–H groups in total. The fourth-order valence-electron chi connectivity index (χ4n) is 4.75. The second-order valence-electron chi connectivity index (χ2n) is 9.04. The number of thiazole rings is 1. The molecule has 4 heterocycles. The molecule has 10 heteroatoms. The Morgan fingerprint density at radius 2 is 1.80 bits per heavy atom. The first-order valence-electron chi connectivity index (χ1n) is 12.4. The van der Waals surface area contributed by atoms with Gasteiger partial charge in [0.15, 0.2) is 4.80 Å². The molecule has 1 atom stereocenters. The Balaban J connectivity index is 1.55. The van der Waals surface area contributed by atoms with Gasteiger partial charge in [0.25, 0.3) is 5.56 Å². The minimum Gasteiger partial charge on any atom is -0.497 e. The van der Waals surface area contributed by atoms with Crippen LogP contribution in [0.25, 0.3) is 22.3 Å². The summed E-state index contributed by atoms with van der Waals surface area (Å²) in [7, 11) is 2.92. The average Bonchev–Trinajstić information content (AvgIpc) is 3.73. The number of esters is 1. The number of hydrogen-bond acceptors (Lipinski definition) is 8. The Bertz CT molecular complexity index is 1920. The summed E-state index contributed by atoms with van der Waals surface area (Å²) >= 11 is 2.87. The van der Waals surface area contributed by atoms with Crippen LogP contribution in [-0.2, 0) is 9.53 Å². The van der Waals surface area contributed by atoms with E-state index in [2.05, 4.69) is 4.99 Å². The zero-order chi connectivity index (χ0) is 27.8. The van der Waals surface area contributed by atoms with Crippen LogP contribution in [-0.4, -0.2) is 34.5 Å². The quantitative estimate of drug-likeness (QED) is 0.285. The lowest BCUT2D eigenvalue weighted by Crippen LogP contribution is -2.39. The maximum absolute atomic E-state index is 14.0. The number of para-hydroxylation sites is 1. The van der Waals surface area contributed by atoms with E-state index in [1.54, 1.807) is 42.1 Å². The number of rotatable bonds is 6. The van der Waals surface area contributed by atoms with Gasteiger partial charge in [-0.1, -0.05) is 47.7 Å². The topological polar surface area (TPSA) is 87.7 Å². The Labute approximate surface area is 237 Å². The van der Waals surface area contributed by atoms with Crippen LogP contribution in [0.2, 0.25) is 0 Å². The molecule has 5 aromatic rings. The largest absolute Gasteiger partial charge is 0.497 e. The summed E-state index contributed by atoms with van der Waals surface area (Å²) in [6, 6.07) is 20.4. The van der Waals surface area contributed by atoms with Crippen molar-refractivity contribution in [3.8, 4) is 22.0 Å². The van der Waals surface area contributed by atoms with Gasteiger partial charge in [-0.2, -0.15) is 5.10 Å². The maximum Gasteiger partial charge on any atom is 0.338 e. The summed E-state index contributed by atoms with van der Waals surface area (Å²) in [5.74, 6) is 0.147. The molecule has 40 heavy (non-hydrogen) atoms. The molecule has 0 saturated carbocycles. The van der Waals surface area contributed by atoms with Crippen molar-refractivity contribution in [2.45, 2.75) is 13.0 Å². The molecule has 8 nitrogen and oxygen atoms in total. The van der Waals surface area contributed by atoms with Crippen LogP contribution >= 0.6 is 22.7 Å². The lowest BCUT2D eigenvalue weighted by Gasteiger charge is -2.24. The number of fused-ring (bicyclic) bond motifs is 1. The molecule has 0 radical (unpaired) electrons. The Morgan fingerprint density at radius 3 is 2.48 bits per heavy atom. The van der Waals surface area contributed by atoms with E-state index >= 15 is 0 Å². The fraction of sp³-hybridized carbons (Fsp3) is 0.133. The number of benzene rings is 2. The van der Waals surface area contributed by atoms with Crippen LogP contribution in [0, 0.1) is 0 Å². The molecule has 1 aliphatic heterocycles. The van der Waals surface area contributed by atoms with E-state index in [1.807, 2.05) is 76.9 Å². The van der Waals surface area contributed by atoms with Crippen molar-refractivity contribution in [1.82, 2.24) is 14.3 Å². The van der Waals surface area contributed by atoms with E-state index in [-0.39, 0.29) is 5.56 Å². The minimum absolute atomic E-state index is 0.247. The van der Waals surface area contributed by atoms with Gasteiger partial charge in [-0.05, 0) is 54.3 Å². The van der Waals surface area contributed by atoms with E-state index in [1.165, 1.54) is 18.4 Å². The molecule has 0 aliphatic carbocycles. The SMILES string of the molecule is COC(=O)C1=C(C)N=c2s/c(=C/c3cn(-c4ccccc4)nc3-c3cccs3)c(=O)n2C1c1ccc(OC)cc1. The van der Waals surface area contributed by atoms with Crippen molar-refractivity contribution in [1.29, 1.82) is 0 Å². The zero-order valence-corrected chi connectivity index (χ0v) is 23.5. The van der Waals surface area contributed by atoms with Gasteiger partial charge in [-0.15, -0.1) is 11.3 Å². The minimum atomic E-state index is -0.694. The number of thiophene rings is 1. The number of aromatic nitrogens is 3. The summed E-state index contributed by atoms with van der Waals surface area (Å²) in [5.41, 5.74) is 3.84. The van der Waals surface area contributed by atoms with Crippen LogP contribution in [0.3, 0.4) is 0 Å². The Morgan fingerprint density at radius 1 is 1.02 bits per heavy atom. The highest BCUT2D eigenvalue weighted by Crippen LogP contribution is 2.32. The molecule has 200 valence electrons. The van der Waals surface area contributed by atoms with Crippen molar-refractivity contribution < 1.29 is 14.3 Å². The third kappa shape index (κ3) is 4.51. The molecule has 0 amide bonds. The predicted molar refractivity (Wildman–Crippen MR) is 156 cm³/mol. The molecule has 2 aromatic carbocycles. The molecule has 6 rings (SSSR count). The zero-order valence-electron chi connectivity index (χ0n) is 21.9. The lowest BCUT2D eigenvalue weighted by atomic mass is 9.96. The number of allylic oxidation sites excluding steroid dienone is 1. The second kappa shape index (κ2) is 10.6. The number of carbonyl (C=O) groups is 1. The van der Waals surface area contributed by atoms with Crippen molar-refractivity contribution in [2.24, 2.45) is 4.99 Å². The normalized spacial score (nSPS) is 15.1. The summed E-state index contributed by atoms with van der Waals surface area (Å²) < 4.78 is 14.3. The molecule has 3 aromatic heterocycles. The number of hydrogen-bond donors (Lipinski definition) is 0. The molecular weight excluding hydrogens is 544 g/mol. The van der Waals surface area contributed by atoms with Gasteiger partial charge in [0, 0.05) is 11.8 Å². The summed E-state index contributed by atoms with van der Waals surface area (Å²) in [6.07, 6.45) is 3.78. The molecule has 0 bridgehead atoms. The highest BCUT2D eigenvalue weighted by molar-refractivity contribution is 7.13. The van der Waals surface area contributed by atoms with Crippen LogP contribution in [0.5, 0.6) is 5.75 Å². The van der Waals surface area contributed by atoms with E-state index in [0.717, 1.165) is 27.4 Å². The Hall–Kier alpha value is -4.54. The first kappa shape index (κ1) is 25.7. The monoisotopic (exact) mass is 568 g/mol. The van der Waals surface area contributed by atoms with Crippen LogP contribution in [0.1, 0.15) is 24.1 Å². The summed E-state index contributed by atoms with van der Waals surface area (Å²) in [4.78, 5) is 33.1. The first-order chi connectivity index (χ1) is 19.5. The molecular formula is C30H24N4O4S2. The van der Waals surface area contributed by atoms with Crippen LogP contribution < -0.4 is 19.6 Å². The first-order valence-corrected chi connectivity index (χ1v) is 14.1. The summed E-state index contributed by atoms with van der Waals surface area (Å²) in [5, 5.41) is 6.86. The Kier molecular flexibility index (Phi) is 6.79. The van der Waals surface area contributed by atoms with E-state index < -0.39 is 12.0 Å². The van der Waals surface area contributed by atoms with Crippen LogP contribution in [0.4, 0.5) is 0 Å². The second-order valence-corrected chi connectivity index (χ2v) is 11.0. The van der Waals surface area contributed by atoms with Crippen molar-refractivity contribution >= 4 is 34.7 Å². The molecule has 1 unspecified atom stereocenters. The van der Waals surface area contributed by atoms with Crippen molar-refractivity contribution in [2.75, 3.05) is 14.2 Å². The highest BCUT2D eigenvalue weighted by Gasteiger charge is 2.33. The van der Waals surface area contributed by atoms with Gasteiger partial charge in [-0.25, -0.2) is 14.5 Å². The van der Waals surface area contributed by atoms with Gasteiger partial charge >= 0.3 is 5.97 Å². The predicted octanol–water partition coefficient (Wildman–Crippen LogP) is 4.33. The third-order valence-corrected chi connectivity index (χ3v) is 8.52. The van der Waals surface area contributed by atoms with E-state index in [4.69, 9.17) is 14.6 Å². The van der Waals surface area contributed by atoms with Crippen molar-refractivity contribution in [3.05, 3.63) is 120 Å². The van der Waals surface area contributed by atoms with E-state index in [9.17, 15) is 9.59 Å². The molecule has 0 fully saturated rings. The molecule has 0 saturated heterocycles. The average molecular weight is 569 g/mol. The van der Waals surface area contributed by atoms with E-state index in [0.29, 0.717) is 26.4 Å². The van der Waals surface area contributed by atoms with Gasteiger partial charge in [0.05, 0.1) is 46.6 Å².